The summed E-state index contributed by atoms with van der Waals surface area (Å²) in [6.45, 7) is 1.93. The van der Waals surface area contributed by atoms with Gasteiger partial charge in [-0.2, -0.15) is 5.10 Å². The first-order chi connectivity index (χ1) is 10.1. The Bertz CT molecular complexity index is 746. The van der Waals surface area contributed by atoms with Gasteiger partial charge in [-0.25, -0.2) is 15.0 Å². The van der Waals surface area contributed by atoms with Crippen LogP contribution in [-0.4, -0.2) is 39.2 Å². The van der Waals surface area contributed by atoms with E-state index >= 15 is 0 Å². The standard InChI is InChI=1S/C13H15N7S/c1-8-4-5-14-12(16-8)18-13-17-10(7-21-13)9-6-15-19-11(9)20(2)3/h4-7H,1-3H3,(H,15,19)(H,14,16,17,18). The SMILES string of the molecule is Cc1ccnc(Nc2nc(-c3cn[nH]c3N(C)C)cs2)n1. The van der Waals surface area contributed by atoms with Crippen molar-refractivity contribution in [1.29, 1.82) is 0 Å². The lowest BCUT2D eigenvalue weighted by molar-refractivity contribution is 1.01. The largest absolute Gasteiger partial charge is 0.363 e. The molecule has 0 radical (unpaired) electrons. The molecule has 3 aromatic heterocycles. The van der Waals surface area contributed by atoms with Crippen molar-refractivity contribution >= 4 is 28.2 Å². The average molecular weight is 301 g/mol. The third-order valence-electron chi connectivity index (χ3n) is 2.86. The molecular weight excluding hydrogens is 286 g/mol. The lowest BCUT2D eigenvalue weighted by Crippen LogP contribution is -2.10. The Kier molecular flexibility index (Phi) is 3.53. The van der Waals surface area contributed by atoms with E-state index in [2.05, 4.69) is 30.5 Å². The molecule has 3 aromatic rings. The van der Waals surface area contributed by atoms with E-state index in [4.69, 9.17) is 0 Å². The molecule has 0 amide bonds. The van der Waals surface area contributed by atoms with Crippen LogP contribution in [-0.2, 0) is 0 Å². The number of nitrogens with zero attached hydrogens (tertiary/aromatic N) is 5. The van der Waals surface area contributed by atoms with Crippen molar-refractivity contribution in [3.05, 3.63) is 29.5 Å². The summed E-state index contributed by atoms with van der Waals surface area (Å²) in [5, 5.41) is 12.9. The summed E-state index contributed by atoms with van der Waals surface area (Å²) >= 11 is 1.51. The maximum Gasteiger partial charge on any atom is 0.229 e. The summed E-state index contributed by atoms with van der Waals surface area (Å²) in [6.07, 6.45) is 3.50. The van der Waals surface area contributed by atoms with Gasteiger partial charge in [-0.1, -0.05) is 0 Å². The van der Waals surface area contributed by atoms with Crippen molar-refractivity contribution in [3.63, 3.8) is 0 Å². The number of aromatic amines is 1. The molecule has 0 saturated carbocycles. The third kappa shape index (κ3) is 2.84. The number of nitrogens with one attached hydrogen (secondary N) is 2. The normalized spacial score (nSPS) is 10.6. The van der Waals surface area contributed by atoms with E-state index in [0.29, 0.717) is 5.95 Å². The summed E-state index contributed by atoms with van der Waals surface area (Å²) in [4.78, 5) is 15.0. The van der Waals surface area contributed by atoms with Crippen LogP contribution in [0.1, 0.15) is 5.69 Å². The highest BCUT2D eigenvalue weighted by molar-refractivity contribution is 7.14. The zero-order valence-electron chi connectivity index (χ0n) is 12.0. The molecule has 0 fully saturated rings. The maximum absolute atomic E-state index is 4.56. The quantitative estimate of drug-likeness (QED) is 0.770. The van der Waals surface area contributed by atoms with Gasteiger partial charge in [0.1, 0.15) is 5.82 Å². The minimum Gasteiger partial charge on any atom is -0.363 e. The molecule has 108 valence electrons. The molecule has 0 atom stereocenters. The van der Waals surface area contributed by atoms with Gasteiger partial charge in [0, 0.05) is 31.4 Å². The van der Waals surface area contributed by atoms with Crippen LogP contribution in [0.5, 0.6) is 0 Å². The molecule has 2 N–H and O–H groups in total. The van der Waals surface area contributed by atoms with Gasteiger partial charge >= 0.3 is 0 Å². The fraction of sp³-hybridized carbons (Fsp3) is 0.231. The van der Waals surface area contributed by atoms with Crippen molar-refractivity contribution in [2.45, 2.75) is 6.92 Å². The summed E-state index contributed by atoms with van der Waals surface area (Å²) in [7, 11) is 3.92. The van der Waals surface area contributed by atoms with Gasteiger partial charge in [-0.3, -0.25) is 5.10 Å². The Morgan fingerprint density at radius 2 is 2.14 bits per heavy atom. The number of anilines is 3. The molecule has 0 spiro atoms. The van der Waals surface area contributed by atoms with E-state index in [1.54, 1.807) is 12.4 Å². The van der Waals surface area contributed by atoms with Gasteiger partial charge in [0.15, 0.2) is 5.13 Å². The van der Waals surface area contributed by atoms with Crippen LogP contribution in [0, 0.1) is 6.92 Å². The minimum absolute atomic E-state index is 0.552. The highest BCUT2D eigenvalue weighted by Gasteiger charge is 2.13. The molecule has 7 nitrogen and oxygen atoms in total. The number of rotatable bonds is 4. The molecule has 0 aliphatic heterocycles. The predicted molar refractivity (Wildman–Crippen MR) is 84.1 cm³/mol. The van der Waals surface area contributed by atoms with Gasteiger partial charge < -0.3 is 10.2 Å². The second-order valence-corrected chi connectivity index (χ2v) is 5.57. The second-order valence-electron chi connectivity index (χ2n) is 4.71. The average Bonchev–Trinajstić information content (AvgIpc) is 3.06. The van der Waals surface area contributed by atoms with Crippen LogP contribution in [0.25, 0.3) is 11.3 Å². The monoisotopic (exact) mass is 301 g/mol. The smallest absolute Gasteiger partial charge is 0.229 e. The zero-order chi connectivity index (χ0) is 14.8. The molecule has 0 aliphatic carbocycles. The molecule has 0 bridgehead atoms. The van der Waals surface area contributed by atoms with Gasteiger partial charge in [-0.05, 0) is 13.0 Å². The Balaban J connectivity index is 1.85. The molecule has 0 saturated heterocycles. The molecule has 3 heterocycles. The van der Waals surface area contributed by atoms with Crippen LogP contribution in [0.3, 0.4) is 0 Å². The number of hydrogen-bond acceptors (Lipinski definition) is 7. The van der Waals surface area contributed by atoms with Crippen molar-refractivity contribution in [1.82, 2.24) is 25.1 Å². The fourth-order valence-electron chi connectivity index (χ4n) is 1.87. The van der Waals surface area contributed by atoms with Crippen LogP contribution in [0.15, 0.2) is 23.8 Å². The van der Waals surface area contributed by atoms with Crippen molar-refractivity contribution in [3.8, 4) is 11.3 Å². The van der Waals surface area contributed by atoms with E-state index < -0.39 is 0 Å². The van der Waals surface area contributed by atoms with Crippen LogP contribution >= 0.6 is 11.3 Å². The van der Waals surface area contributed by atoms with Crippen molar-refractivity contribution < 1.29 is 0 Å². The highest BCUT2D eigenvalue weighted by atomic mass is 32.1. The molecule has 21 heavy (non-hydrogen) atoms. The van der Waals surface area contributed by atoms with Gasteiger partial charge in [0.05, 0.1) is 17.5 Å². The summed E-state index contributed by atoms with van der Waals surface area (Å²) in [5.41, 5.74) is 2.75. The Morgan fingerprint density at radius 1 is 1.29 bits per heavy atom. The highest BCUT2D eigenvalue weighted by Crippen LogP contribution is 2.30. The molecule has 0 aromatic carbocycles. The molecule has 0 unspecified atom stereocenters. The molecule has 0 aliphatic rings. The van der Waals surface area contributed by atoms with Crippen LogP contribution < -0.4 is 10.2 Å². The van der Waals surface area contributed by atoms with E-state index in [-0.39, 0.29) is 0 Å². The lowest BCUT2D eigenvalue weighted by Gasteiger charge is -2.10. The number of aromatic nitrogens is 5. The van der Waals surface area contributed by atoms with E-state index in [9.17, 15) is 0 Å². The molecule has 3 rings (SSSR count). The summed E-state index contributed by atoms with van der Waals surface area (Å²) < 4.78 is 0. The van der Waals surface area contributed by atoms with E-state index in [1.165, 1.54) is 11.3 Å². The minimum atomic E-state index is 0.552. The van der Waals surface area contributed by atoms with Crippen LogP contribution in [0.2, 0.25) is 0 Å². The van der Waals surface area contributed by atoms with Gasteiger partial charge in [0.2, 0.25) is 5.95 Å². The van der Waals surface area contributed by atoms with Crippen molar-refractivity contribution in [2.75, 3.05) is 24.3 Å². The molecule has 8 heteroatoms. The van der Waals surface area contributed by atoms with Crippen LogP contribution in [0.4, 0.5) is 16.9 Å². The van der Waals surface area contributed by atoms with E-state index in [1.807, 2.05) is 37.4 Å². The summed E-state index contributed by atoms with van der Waals surface area (Å²) in [5.74, 6) is 1.48. The first-order valence-corrected chi connectivity index (χ1v) is 7.24. The Labute approximate surface area is 126 Å². The van der Waals surface area contributed by atoms with Gasteiger partial charge in [0.25, 0.3) is 0 Å². The second kappa shape index (κ2) is 5.49. The zero-order valence-corrected chi connectivity index (χ0v) is 12.8. The number of H-pyrrole nitrogens is 1. The molecular formula is C13H15N7S. The van der Waals surface area contributed by atoms with Gasteiger partial charge in [-0.15, -0.1) is 11.3 Å². The Morgan fingerprint density at radius 3 is 2.90 bits per heavy atom. The number of hydrogen-bond donors (Lipinski definition) is 2. The lowest BCUT2D eigenvalue weighted by atomic mass is 10.2. The fourth-order valence-corrected chi connectivity index (χ4v) is 2.57. The first-order valence-electron chi connectivity index (χ1n) is 6.37. The maximum atomic E-state index is 4.56. The topological polar surface area (TPSA) is 82.6 Å². The number of aryl methyl sites for hydroxylation is 1. The van der Waals surface area contributed by atoms with E-state index in [0.717, 1.165) is 27.9 Å². The predicted octanol–water partition coefficient (Wildman–Crippen LogP) is 2.44. The number of thiazole rings is 1. The summed E-state index contributed by atoms with van der Waals surface area (Å²) in [6, 6.07) is 1.85. The first kappa shape index (κ1) is 13.5. The Hall–Kier alpha value is -2.48. The van der Waals surface area contributed by atoms with Crippen molar-refractivity contribution in [2.24, 2.45) is 0 Å². The third-order valence-corrected chi connectivity index (χ3v) is 3.62.